The maximum absolute atomic E-state index is 12.6. The van der Waals surface area contributed by atoms with Gasteiger partial charge in [-0.05, 0) is 12.3 Å². The molecule has 0 spiro atoms. The largest absolute Gasteiger partial charge is 0.355 e. The van der Waals surface area contributed by atoms with Crippen molar-refractivity contribution in [1.82, 2.24) is 35.1 Å². The third-order valence-corrected chi connectivity index (χ3v) is 6.42. The summed E-state index contributed by atoms with van der Waals surface area (Å²) in [6, 6.07) is 0.254. The Morgan fingerprint density at radius 1 is 0.537 bits per heavy atom. The van der Waals surface area contributed by atoms with Crippen LogP contribution < -0.4 is 10.6 Å². The van der Waals surface area contributed by atoms with Crippen LogP contribution in [0.25, 0.3) is 0 Å². The van der Waals surface area contributed by atoms with E-state index in [4.69, 9.17) is 0 Å². The Bertz CT molecular complexity index is 880. The van der Waals surface area contributed by atoms with Crippen molar-refractivity contribution in [1.29, 1.82) is 0 Å². The van der Waals surface area contributed by atoms with Gasteiger partial charge >= 0.3 is 0 Å². The summed E-state index contributed by atoms with van der Waals surface area (Å²) in [6.45, 7) is 8.24. The van der Waals surface area contributed by atoms with Crippen molar-refractivity contribution in [3.05, 3.63) is 0 Å². The molecular formula is C28H53N7O6. The first-order valence-electron chi connectivity index (χ1n) is 14.2. The van der Waals surface area contributed by atoms with Gasteiger partial charge in [0.05, 0.1) is 32.7 Å². The average Bonchev–Trinajstić information content (AvgIpc) is 2.87. The van der Waals surface area contributed by atoms with Crippen LogP contribution in [0.15, 0.2) is 0 Å². The molecule has 0 saturated carbocycles. The van der Waals surface area contributed by atoms with Crippen LogP contribution in [0, 0.1) is 5.92 Å². The van der Waals surface area contributed by atoms with E-state index in [0.717, 1.165) is 19.3 Å². The Kier molecular flexibility index (Phi) is 18.2. The monoisotopic (exact) mass is 583 g/mol. The molecule has 0 atom stereocenters. The normalized spacial score (nSPS) is 10.8. The highest BCUT2D eigenvalue weighted by atomic mass is 16.2. The second-order valence-corrected chi connectivity index (χ2v) is 11.3. The molecule has 6 amide bonds. The summed E-state index contributed by atoms with van der Waals surface area (Å²) in [6.07, 6.45) is 3.26. The first-order chi connectivity index (χ1) is 19.0. The number of carbonyl (C=O) groups is 6. The van der Waals surface area contributed by atoms with E-state index < -0.39 is 23.6 Å². The number of nitrogens with one attached hydrogen (secondary N) is 2. The van der Waals surface area contributed by atoms with E-state index in [0.29, 0.717) is 19.0 Å². The average molecular weight is 584 g/mol. The van der Waals surface area contributed by atoms with E-state index in [9.17, 15) is 28.8 Å². The Balaban J connectivity index is 4.52. The third kappa shape index (κ3) is 17.3. The van der Waals surface area contributed by atoms with Crippen LogP contribution in [-0.2, 0) is 28.8 Å². The van der Waals surface area contributed by atoms with Gasteiger partial charge in [-0.2, -0.15) is 0 Å². The number of carbonyl (C=O) groups excluding carboxylic acids is 6. The van der Waals surface area contributed by atoms with E-state index in [-0.39, 0.29) is 57.0 Å². The zero-order valence-electron chi connectivity index (χ0n) is 26.6. The molecule has 0 radical (unpaired) electrons. The van der Waals surface area contributed by atoms with Gasteiger partial charge in [0.1, 0.15) is 0 Å². The Hall–Kier alpha value is -3.22. The van der Waals surface area contributed by atoms with Gasteiger partial charge in [-0.25, -0.2) is 0 Å². The van der Waals surface area contributed by atoms with E-state index in [1.54, 1.807) is 0 Å². The Morgan fingerprint density at radius 2 is 0.927 bits per heavy atom. The molecule has 0 heterocycles. The molecule has 0 saturated heterocycles. The molecular weight excluding hydrogens is 530 g/mol. The molecule has 0 unspecified atom stereocenters. The number of hydrogen-bond donors (Lipinski definition) is 2. The molecule has 13 heteroatoms. The minimum atomic E-state index is -0.466. The predicted molar refractivity (Wildman–Crippen MR) is 158 cm³/mol. The minimum Gasteiger partial charge on any atom is -0.355 e. The number of likely N-dealkylation sites (N-methyl/N-ethyl adjacent to an activating group) is 5. The molecule has 0 aliphatic rings. The van der Waals surface area contributed by atoms with Gasteiger partial charge in [-0.15, -0.1) is 0 Å². The van der Waals surface area contributed by atoms with Crippen molar-refractivity contribution in [2.75, 3.05) is 81.1 Å². The van der Waals surface area contributed by atoms with Gasteiger partial charge < -0.3 is 35.1 Å². The zero-order chi connectivity index (χ0) is 31.7. The number of amides is 6. The topological polar surface area (TPSA) is 143 Å². The fourth-order valence-electron chi connectivity index (χ4n) is 3.57. The number of hydrogen-bond acceptors (Lipinski definition) is 7. The molecule has 0 rings (SSSR count). The summed E-state index contributed by atoms with van der Waals surface area (Å²) >= 11 is 0. The number of unbranched alkanes of at least 4 members (excludes halogenated alkanes) is 1. The van der Waals surface area contributed by atoms with E-state index in [2.05, 4.69) is 24.5 Å². The lowest BCUT2D eigenvalue weighted by Crippen LogP contribution is -2.48. The fourth-order valence-corrected chi connectivity index (χ4v) is 3.57. The van der Waals surface area contributed by atoms with Gasteiger partial charge in [0.15, 0.2) is 0 Å². The molecule has 0 aromatic rings. The predicted octanol–water partition coefficient (Wildman–Crippen LogP) is -0.391. The molecule has 13 nitrogen and oxygen atoms in total. The highest BCUT2D eigenvalue weighted by Gasteiger charge is 2.23. The van der Waals surface area contributed by atoms with Crippen molar-refractivity contribution in [2.24, 2.45) is 5.92 Å². The smallest absolute Gasteiger partial charge is 0.242 e. The fraction of sp³-hybridized carbons (Fsp3) is 0.786. The van der Waals surface area contributed by atoms with Gasteiger partial charge in [0.2, 0.25) is 35.4 Å². The van der Waals surface area contributed by atoms with Gasteiger partial charge in [0.25, 0.3) is 0 Å². The second-order valence-electron chi connectivity index (χ2n) is 11.3. The summed E-state index contributed by atoms with van der Waals surface area (Å²) in [4.78, 5) is 80.7. The quantitative estimate of drug-likeness (QED) is 0.197. The van der Waals surface area contributed by atoms with Crippen molar-refractivity contribution < 1.29 is 28.8 Å². The second kappa shape index (κ2) is 19.8. The number of rotatable bonds is 19. The lowest BCUT2D eigenvalue weighted by atomic mass is 10.1. The van der Waals surface area contributed by atoms with Gasteiger partial charge in [-0.1, -0.05) is 40.5 Å². The molecule has 0 aliphatic carbocycles. The lowest BCUT2D eigenvalue weighted by molar-refractivity contribution is -0.145. The van der Waals surface area contributed by atoms with Crippen molar-refractivity contribution in [2.45, 2.75) is 59.4 Å². The molecule has 0 bridgehead atoms. The standard InChI is InChI=1S/C28H53N7O6/c1-21(2)12-10-11-14-30-23(36)16-31(5)25(38)18-33(7)27(40)20-35(9)28(41)19-34(8)26(39)17-32(6)24(37)13-15-29-22(3)4/h21-22,29H,10-20H2,1-9H3,(H,30,36). The van der Waals surface area contributed by atoms with Crippen LogP contribution >= 0.6 is 0 Å². The van der Waals surface area contributed by atoms with Crippen LogP contribution in [0.3, 0.4) is 0 Å². The first kappa shape index (κ1) is 37.8. The molecule has 0 fully saturated rings. The lowest BCUT2D eigenvalue weighted by Gasteiger charge is -2.26. The molecule has 41 heavy (non-hydrogen) atoms. The van der Waals surface area contributed by atoms with Crippen LogP contribution in [0.5, 0.6) is 0 Å². The van der Waals surface area contributed by atoms with Crippen LogP contribution in [0.4, 0.5) is 0 Å². The highest BCUT2D eigenvalue weighted by molar-refractivity contribution is 5.91. The van der Waals surface area contributed by atoms with E-state index in [1.807, 2.05) is 13.8 Å². The van der Waals surface area contributed by atoms with Crippen LogP contribution in [-0.4, -0.2) is 147 Å². The highest BCUT2D eigenvalue weighted by Crippen LogP contribution is 2.05. The summed E-state index contributed by atoms with van der Waals surface area (Å²) in [5.74, 6) is -1.57. The molecule has 236 valence electrons. The summed E-state index contributed by atoms with van der Waals surface area (Å²) in [7, 11) is 7.36. The van der Waals surface area contributed by atoms with Crippen molar-refractivity contribution >= 4 is 35.4 Å². The maximum Gasteiger partial charge on any atom is 0.242 e. The SMILES string of the molecule is CC(C)CCCCNC(=O)CN(C)C(=O)CN(C)C(=O)CN(C)C(=O)CN(C)C(=O)CN(C)C(=O)CCNC(C)C. The molecule has 0 aliphatic heterocycles. The zero-order valence-corrected chi connectivity index (χ0v) is 26.6. The molecule has 0 aromatic heterocycles. The van der Waals surface area contributed by atoms with Crippen LogP contribution in [0.1, 0.15) is 53.4 Å². The summed E-state index contributed by atoms with van der Waals surface area (Å²) in [5, 5.41) is 5.94. The Morgan fingerprint density at radius 3 is 1.32 bits per heavy atom. The van der Waals surface area contributed by atoms with Gasteiger partial charge in [-0.3, -0.25) is 28.8 Å². The first-order valence-corrected chi connectivity index (χ1v) is 14.2. The maximum atomic E-state index is 12.6. The minimum absolute atomic E-state index is 0.112. The van der Waals surface area contributed by atoms with E-state index >= 15 is 0 Å². The third-order valence-electron chi connectivity index (χ3n) is 6.42. The van der Waals surface area contributed by atoms with Crippen molar-refractivity contribution in [3.63, 3.8) is 0 Å². The van der Waals surface area contributed by atoms with Crippen LogP contribution in [0.2, 0.25) is 0 Å². The van der Waals surface area contributed by atoms with Gasteiger partial charge in [0, 0.05) is 60.8 Å². The summed E-state index contributed by atoms with van der Waals surface area (Å²) < 4.78 is 0. The molecule has 2 N–H and O–H groups in total. The number of nitrogens with zero attached hydrogens (tertiary/aromatic N) is 5. The molecule has 0 aromatic carbocycles. The summed E-state index contributed by atoms with van der Waals surface area (Å²) in [5.41, 5.74) is 0. The van der Waals surface area contributed by atoms with E-state index in [1.165, 1.54) is 59.7 Å². The van der Waals surface area contributed by atoms with Crippen molar-refractivity contribution in [3.8, 4) is 0 Å². The Labute approximate surface area is 245 Å².